The van der Waals surface area contributed by atoms with E-state index in [0.29, 0.717) is 17.4 Å². The van der Waals surface area contributed by atoms with Crippen molar-refractivity contribution in [1.82, 2.24) is 30.5 Å². The SMILES string of the molecule is Cc1noc2nc(C(C)C)cc(-c3nc(C4CNCCN4C)no3)c12.Cl. The number of piperazine rings is 1. The lowest BCUT2D eigenvalue weighted by Crippen LogP contribution is -2.44. The number of aryl methyl sites for hydroxylation is 1. The second kappa shape index (κ2) is 7.30. The van der Waals surface area contributed by atoms with Crippen molar-refractivity contribution in [2.75, 3.05) is 26.7 Å². The molecule has 26 heavy (non-hydrogen) atoms. The van der Waals surface area contributed by atoms with E-state index in [1.807, 2.05) is 13.0 Å². The highest BCUT2D eigenvalue weighted by Gasteiger charge is 2.27. The first-order valence-corrected chi connectivity index (χ1v) is 8.56. The summed E-state index contributed by atoms with van der Waals surface area (Å²) in [5.74, 6) is 1.43. The van der Waals surface area contributed by atoms with Crippen LogP contribution in [0.1, 0.15) is 43.0 Å². The van der Waals surface area contributed by atoms with Crippen LogP contribution in [-0.2, 0) is 0 Å². The molecular weight excluding hydrogens is 356 g/mol. The zero-order valence-electron chi connectivity index (χ0n) is 15.3. The van der Waals surface area contributed by atoms with Crippen LogP contribution in [0.5, 0.6) is 0 Å². The normalized spacial score (nSPS) is 18.4. The molecule has 1 fully saturated rings. The van der Waals surface area contributed by atoms with Gasteiger partial charge in [0.05, 0.1) is 22.7 Å². The predicted octanol–water partition coefficient (Wildman–Crippen LogP) is 2.70. The van der Waals surface area contributed by atoms with Crippen molar-refractivity contribution in [3.8, 4) is 11.5 Å². The fourth-order valence-electron chi connectivity index (χ4n) is 3.15. The molecule has 0 aromatic carbocycles. The highest BCUT2D eigenvalue weighted by Crippen LogP contribution is 2.32. The number of pyridine rings is 1. The minimum Gasteiger partial charge on any atom is -0.336 e. The van der Waals surface area contributed by atoms with E-state index >= 15 is 0 Å². The zero-order valence-corrected chi connectivity index (χ0v) is 16.1. The van der Waals surface area contributed by atoms with Crippen LogP contribution in [0.25, 0.3) is 22.6 Å². The highest BCUT2D eigenvalue weighted by atomic mass is 35.5. The van der Waals surface area contributed by atoms with Gasteiger partial charge in [-0.1, -0.05) is 24.2 Å². The van der Waals surface area contributed by atoms with Crippen LogP contribution in [0, 0.1) is 6.92 Å². The fourth-order valence-corrected chi connectivity index (χ4v) is 3.15. The predicted molar refractivity (Wildman–Crippen MR) is 99.4 cm³/mol. The van der Waals surface area contributed by atoms with Crippen LogP contribution in [0.4, 0.5) is 0 Å². The lowest BCUT2D eigenvalue weighted by Gasteiger charge is -2.30. The number of hydrogen-bond donors (Lipinski definition) is 1. The molecular formula is C17H23ClN6O2. The molecule has 0 radical (unpaired) electrons. The van der Waals surface area contributed by atoms with Gasteiger partial charge in [0.25, 0.3) is 11.6 Å². The number of nitrogens with one attached hydrogen (secondary N) is 1. The molecule has 1 aliphatic heterocycles. The summed E-state index contributed by atoms with van der Waals surface area (Å²) in [6.45, 7) is 8.80. The van der Waals surface area contributed by atoms with Crippen LogP contribution < -0.4 is 5.32 Å². The largest absolute Gasteiger partial charge is 0.336 e. The Bertz CT molecular complexity index is 906. The maximum Gasteiger partial charge on any atom is 0.259 e. The molecule has 1 N–H and O–H groups in total. The molecule has 0 bridgehead atoms. The minimum atomic E-state index is 0. The van der Waals surface area contributed by atoms with Crippen molar-refractivity contribution >= 4 is 23.5 Å². The van der Waals surface area contributed by atoms with Crippen LogP contribution >= 0.6 is 12.4 Å². The Morgan fingerprint density at radius 3 is 2.77 bits per heavy atom. The Hall–Kier alpha value is -2.03. The molecule has 1 atom stereocenters. The third-order valence-electron chi connectivity index (χ3n) is 4.71. The Morgan fingerprint density at radius 2 is 2.04 bits per heavy atom. The zero-order chi connectivity index (χ0) is 17.6. The second-order valence-corrected chi connectivity index (χ2v) is 6.86. The third-order valence-corrected chi connectivity index (χ3v) is 4.71. The van der Waals surface area contributed by atoms with Crippen molar-refractivity contribution in [1.29, 1.82) is 0 Å². The summed E-state index contributed by atoms with van der Waals surface area (Å²) in [4.78, 5) is 11.5. The molecule has 8 nitrogen and oxygen atoms in total. The molecule has 0 aliphatic carbocycles. The third kappa shape index (κ3) is 3.20. The molecule has 4 heterocycles. The van der Waals surface area contributed by atoms with Gasteiger partial charge in [-0.3, -0.25) is 4.90 Å². The van der Waals surface area contributed by atoms with E-state index in [9.17, 15) is 0 Å². The molecule has 3 aromatic rings. The molecule has 0 amide bonds. The summed E-state index contributed by atoms with van der Waals surface area (Å²) in [6, 6.07) is 2.11. The van der Waals surface area contributed by atoms with Gasteiger partial charge in [0.1, 0.15) is 0 Å². The first-order valence-electron chi connectivity index (χ1n) is 8.56. The lowest BCUT2D eigenvalue weighted by molar-refractivity contribution is 0.190. The van der Waals surface area contributed by atoms with Crippen molar-refractivity contribution < 1.29 is 9.05 Å². The van der Waals surface area contributed by atoms with Crippen LogP contribution in [-0.4, -0.2) is 51.9 Å². The van der Waals surface area contributed by atoms with Crippen molar-refractivity contribution in [3.05, 3.63) is 23.3 Å². The molecule has 1 unspecified atom stereocenters. The van der Waals surface area contributed by atoms with E-state index in [0.717, 1.165) is 42.0 Å². The Labute approximate surface area is 157 Å². The Balaban J connectivity index is 0.00000196. The number of aromatic nitrogens is 4. The smallest absolute Gasteiger partial charge is 0.259 e. The minimum absolute atomic E-state index is 0. The maximum absolute atomic E-state index is 5.61. The monoisotopic (exact) mass is 378 g/mol. The molecule has 0 saturated carbocycles. The summed E-state index contributed by atoms with van der Waals surface area (Å²) < 4.78 is 11.0. The number of rotatable bonds is 3. The Kier molecular flexibility index (Phi) is 5.27. The fraction of sp³-hybridized carbons (Fsp3) is 0.529. The van der Waals surface area contributed by atoms with Gasteiger partial charge in [0.15, 0.2) is 5.82 Å². The summed E-state index contributed by atoms with van der Waals surface area (Å²) >= 11 is 0. The molecule has 1 aliphatic rings. The molecule has 9 heteroatoms. The van der Waals surface area contributed by atoms with Crippen molar-refractivity contribution in [2.45, 2.75) is 32.7 Å². The Morgan fingerprint density at radius 1 is 1.23 bits per heavy atom. The van der Waals surface area contributed by atoms with Crippen LogP contribution in [0.3, 0.4) is 0 Å². The first kappa shape index (κ1) is 18.8. The van der Waals surface area contributed by atoms with Gasteiger partial charge in [-0.25, -0.2) is 4.98 Å². The van der Waals surface area contributed by atoms with Gasteiger partial charge in [-0.2, -0.15) is 4.98 Å². The van der Waals surface area contributed by atoms with Crippen molar-refractivity contribution in [3.63, 3.8) is 0 Å². The van der Waals surface area contributed by atoms with E-state index in [1.165, 1.54) is 0 Å². The van der Waals surface area contributed by atoms with E-state index in [2.05, 4.69) is 51.4 Å². The van der Waals surface area contributed by atoms with Gasteiger partial charge in [0, 0.05) is 25.3 Å². The molecule has 0 spiro atoms. The van der Waals surface area contributed by atoms with Gasteiger partial charge in [-0.05, 0) is 26.0 Å². The second-order valence-electron chi connectivity index (χ2n) is 6.86. The summed E-state index contributed by atoms with van der Waals surface area (Å²) in [5, 5.41) is 12.5. The number of hydrogen-bond acceptors (Lipinski definition) is 8. The van der Waals surface area contributed by atoms with Gasteiger partial charge < -0.3 is 14.4 Å². The molecule has 140 valence electrons. The van der Waals surface area contributed by atoms with Crippen LogP contribution in [0.2, 0.25) is 0 Å². The van der Waals surface area contributed by atoms with E-state index in [4.69, 9.17) is 9.05 Å². The van der Waals surface area contributed by atoms with E-state index < -0.39 is 0 Å². The van der Waals surface area contributed by atoms with E-state index in [1.54, 1.807) is 0 Å². The standard InChI is InChI=1S/C17H22N6O2.ClH/c1-9(2)12-7-11(14-10(3)21-25-17(14)19-12)16-20-15(22-24-16)13-8-18-5-6-23(13)4;/h7,9,13,18H,5-6,8H2,1-4H3;1H. The topological polar surface area (TPSA) is 93.1 Å². The van der Waals surface area contributed by atoms with Gasteiger partial charge in [-0.15, -0.1) is 12.4 Å². The lowest BCUT2D eigenvalue weighted by atomic mass is 10.0. The number of halogens is 1. The number of likely N-dealkylation sites (N-methyl/N-ethyl adjacent to an activating group) is 1. The number of fused-ring (bicyclic) bond motifs is 1. The maximum atomic E-state index is 5.61. The average Bonchev–Trinajstić information content (AvgIpc) is 3.22. The van der Waals surface area contributed by atoms with Gasteiger partial charge in [0.2, 0.25) is 0 Å². The first-order chi connectivity index (χ1) is 12.0. The average molecular weight is 379 g/mol. The summed E-state index contributed by atoms with van der Waals surface area (Å²) in [5.41, 5.74) is 3.02. The van der Waals surface area contributed by atoms with Gasteiger partial charge >= 0.3 is 0 Å². The van der Waals surface area contributed by atoms with Crippen LogP contribution in [0.15, 0.2) is 15.1 Å². The molecule has 3 aromatic heterocycles. The molecule has 1 saturated heterocycles. The highest BCUT2D eigenvalue weighted by molar-refractivity contribution is 5.91. The summed E-state index contributed by atoms with van der Waals surface area (Å²) in [7, 11) is 2.08. The quantitative estimate of drug-likeness (QED) is 0.743. The van der Waals surface area contributed by atoms with E-state index in [-0.39, 0.29) is 24.4 Å². The van der Waals surface area contributed by atoms with Crippen molar-refractivity contribution in [2.24, 2.45) is 0 Å². The molecule has 4 rings (SSSR count). The summed E-state index contributed by atoms with van der Waals surface area (Å²) in [6.07, 6.45) is 0. The number of nitrogens with zero attached hydrogens (tertiary/aromatic N) is 5.